The van der Waals surface area contributed by atoms with E-state index in [4.69, 9.17) is 0 Å². The molecule has 4 nitrogen and oxygen atoms in total. The minimum absolute atomic E-state index is 0.0589. The van der Waals surface area contributed by atoms with Crippen molar-refractivity contribution < 1.29 is 9.90 Å². The van der Waals surface area contributed by atoms with E-state index in [0.29, 0.717) is 11.6 Å². The van der Waals surface area contributed by atoms with Crippen molar-refractivity contribution in [3.05, 3.63) is 29.3 Å². The molecular weight excluding hydrogens is 252 g/mol. The fourth-order valence-electron chi connectivity index (χ4n) is 2.70. The monoisotopic (exact) mass is 276 g/mol. The second-order valence-electron chi connectivity index (χ2n) is 5.55. The number of amides is 1. The first kappa shape index (κ1) is 14.9. The van der Waals surface area contributed by atoms with Crippen LogP contribution >= 0.6 is 0 Å². The molecule has 1 saturated heterocycles. The van der Waals surface area contributed by atoms with Crippen LogP contribution in [0.2, 0.25) is 0 Å². The molecule has 1 atom stereocenters. The summed E-state index contributed by atoms with van der Waals surface area (Å²) in [5.41, 5.74) is 1.40. The number of carbonyl (C=O) groups excluding carboxylic acids is 1. The van der Waals surface area contributed by atoms with Gasteiger partial charge in [-0.1, -0.05) is 6.92 Å². The quantitative estimate of drug-likeness (QED) is 0.867. The number of benzene rings is 1. The van der Waals surface area contributed by atoms with Gasteiger partial charge in [0.2, 0.25) is 0 Å². The van der Waals surface area contributed by atoms with Gasteiger partial charge in [-0.25, -0.2) is 0 Å². The molecule has 0 radical (unpaired) electrons. The number of aromatic hydroxyl groups is 1. The molecule has 1 unspecified atom stereocenters. The molecule has 110 valence electrons. The maximum absolute atomic E-state index is 12.6. The minimum atomic E-state index is 0.0589. The molecule has 1 amide bonds. The molecule has 2 N–H and O–H groups in total. The third-order valence-corrected chi connectivity index (χ3v) is 3.83. The second-order valence-corrected chi connectivity index (χ2v) is 5.55. The molecule has 0 aromatic heterocycles. The van der Waals surface area contributed by atoms with Crippen LogP contribution in [0.15, 0.2) is 18.2 Å². The number of nitrogens with zero attached hydrogens (tertiary/aromatic N) is 1. The first-order chi connectivity index (χ1) is 9.61. The Bertz CT molecular complexity index is 468. The lowest BCUT2D eigenvalue weighted by Crippen LogP contribution is -2.41. The van der Waals surface area contributed by atoms with Gasteiger partial charge in [0, 0.05) is 24.7 Å². The van der Waals surface area contributed by atoms with Gasteiger partial charge >= 0.3 is 0 Å². The lowest BCUT2D eigenvalue weighted by Gasteiger charge is -2.25. The van der Waals surface area contributed by atoms with E-state index in [-0.39, 0.29) is 11.7 Å². The van der Waals surface area contributed by atoms with Gasteiger partial charge in [0.1, 0.15) is 5.75 Å². The number of hydrogen-bond donors (Lipinski definition) is 2. The van der Waals surface area contributed by atoms with Crippen molar-refractivity contribution in [2.75, 3.05) is 19.6 Å². The minimum Gasteiger partial charge on any atom is -0.508 e. The van der Waals surface area contributed by atoms with Gasteiger partial charge in [-0.05, 0) is 56.5 Å². The van der Waals surface area contributed by atoms with E-state index in [1.54, 1.807) is 18.2 Å². The summed E-state index contributed by atoms with van der Waals surface area (Å²) in [5, 5.41) is 13.0. The van der Waals surface area contributed by atoms with Gasteiger partial charge in [0.15, 0.2) is 0 Å². The van der Waals surface area contributed by atoms with Crippen LogP contribution in [-0.4, -0.2) is 41.6 Å². The molecule has 20 heavy (non-hydrogen) atoms. The molecule has 2 rings (SSSR count). The highest BCUT2D eigenvalue weighted by atomic mass is 16.3. The molecule has 1 heterocycles. The van der Waals surface area contributed by atoms with Crippen molar-refractivity contribution in [2.24, 2.45) is 0 Å². The second kappa shape index (κ2) is 6.75. The zero-order valence-corrected chi connectivity index (χ0v) is 12.4. The Morgan fingerprint density at radius 1 is 1.50 bits per heavy atom. The van der Waals surface area contributed by atoms with Crippen LogP contribution < -0.4 is 5.32 Å². The zero-order chi connectivity index (χ0) is 14.5. The number of nitrogens with one attached hydrogen (secondary N) is 1. The number of phenolic OH excluding ortho intramolecular Hbond substituents is 1. The molecular formula is C16H24N2O2. The molecule has 0 aliphatic carbocycles. The van der Waals surface area contributed by atoms with E-state index in [0.717, 1.165) is 38.0 Å². The van der Waals surface area contributed by atoms with Crippen molar-refractivity contribution in [2.45, 2.75) is 39.2 Å². The van der Waals surface area contributed by atoms with E-state index >= 15 is 0 Å². The van der Waals surface area contributed by atoms with Crippen LogP contribution in [-0.2, 0) is 0 Å². The number of rotatable bonds is 5. The first-order valence-corrected chi connectivity index (χ1v) is 7.44. The van der Waals surface area contributed by atoms with Crippen LogP contribution in [0, 0.1) is 6.92 Å². The van der Waals surface area contributed by atoms with Gasteiger partial charge in [-0.2, -0.15) is 0 Å². The average molecular weight is 276 g/mol. The summed E-state index contributed by atoms with van der Waals surface area (Å²) >= 11 is 0. The normalized spacial score (nSPS) is 18.2. The summed E-state index contributed by atoms with van der Waals surface area (Å²) in [7, 11) is 0. The van der Waals surface area contributed by atoms with Crippen molar-refractivity contribution in [1.29, 1.82) is 0 Å². The molecule has 1 aliphatic rings. The molecule has 1 aromatic rings. The predicted molar refractivity (Wildman–Crippen MR) is 80.1 cm³/mol. The van der Waals surface area contributed by atoms with Crippen molar-refractivity contribution >= 4 is 5.91 Å². The van der Waals surface area contributed by atoms with E-state index in [1.807, 2.05) is 11.8 Å². The van der Waals surface area contributed by atoms with E-state index in [2.05, 4.69) is 12.2 Å². The number of hydrogen-bond acceptors (Lipinski definition) is 3. The Kier molecular flexibility index (Phi) is 5.01. The Morgan fingerprint density at radius 3 is 2.90 bits per heavy atom. The summed E-state index contributed by atoms with van der Waals surface area (Å²) in [6.07, 6.45) is 3.29. The summed E-state index contributed by atoms with van der Waals surface area (Å²) in [6.45, 7) is 6.50. The summed E-state index contributed by atoms with van der Waals surface area (Å²) in [5.74, 6) is 0.296. The highest BCUT2D eigenvalue weighted by Gasteiger charge is 2.22. The molecule has 0 saturated carbocycles. The number of phenols is 1. The topological polar surface area (TPSA) is 52.6 Å². The summed E-state index contributed by atoms with van der Waals surface area (Å²) in [6, 6.07) is 5.49. The van der Waals surface area contributed by atoms with Crippen LogP contribution in [0.25, 0.3) is 0 Å². The SMILES string of the molecule is CCCN(CC1CCCN1)C(=O)c1ccc(O)c(C)c1. The fraction of sp³-hybridized carbons (Fsp3) is 0.562. The van der Waals surface area contributed by atoms with Crippen molar-refractivity contribution in [1.82, 2.24) is 10.2 Å². The van der Waals surface area contributed by atoms with Gasteiger partial charge in [0.05, 0.1) is 0 Å². The molecule has 1 aromatic carbocycles. The third kappa shape index (κ3) is 3.51. The van der Waals surface area contributed by atoms with Gasteiger partial charge < -0.3 is 15.3 Å². The standard InChI is InChI=1S/C16H24N2O2/c1-3-9-18(11-14-5-4-8-17-14)16(20)13-6-7-15(19)12(2)10-13/h6-7,10,14,17,19H,3-5,8-9,11H2,1-2H3. The lowest BCUT2D eigenvalue weighted by atomic mass is 10.1. The predicted octanol–water partition coefficient (Wildman–Crippen LogP) is 2.30. The highest BCUT2D eigenvalue weighted by Crippen LogP contribution is 2.19. The zero-order valence-electron chi connectivity index (χ0n) is 12.4. The van der Waals surface area contributed by atoms with Crippen LogP contribution in [0.3, 0.4) is 0 Å². The molecule has 0 spiro atoms. The maximum Gasteiger partial charge on any atom is 0.253 e. The summed E-state index contributed by atoms with van der Waals surface area (Å²) in [4.78, 5) is 14.5. The van der Waals surface area contributed by atoms with Crippen molar-refractivity contribution in [3.8, 4) is 5.75 Å². The smallest absolute Gasteiger partial charge is 0.253 e. The Hall–Kier alpha value is -1.55. The molecule has 1 aliphatic heterocycles. The fourth-order valence-corrected chi connectivity index (χ4v) is 2.70. The Balaban J connectivity index is 2.10. The van der Waals surface area contributed by atoms with Gasteiger partial charge in [0.25, 0.3) is 5.91 Å². The molecule has 1 fully saturated rings. The van der Waals surface area contributed by atoms with E-state index in [1.165, 1.54) is 6.42 Å². The Labute approximate surface area is 120 Å². The summed E-state index contributed by atoms with van der Waals surface area (Å²) < 4.78 is 0. The molecule has 0 bridgehead atoms. The third-order valence-electron chi connectivity index (χ3n) is 3.83. The van der Waals surface area contributed by atoms with Crippen molar-refractivity contribution in [3.63, 3.8) is 0 Å². The largest absolute Gasteiger partial charge is 0.508 e. The van der Waals surface area contributed by atoms with Crippen LogP contribution in [0.5, 0.6) is 5.75 Å². The van der Waals surface area contributed by atoms with Gasteiger partial charge in [-0.3, -0.25) is 4.79 Å². The van der Waals surface area contributed by atoms with Crippen LogP contribution in [0.4, 0.5) is 0 Å². The molecule has 4 heteroatoms. The first-order valence-electron chi connectivity index (χ1n) is 7.44. The van der Waals surface area contributed by atoms with E-state index < -0.39 is 0 Å². The lowest BCUT2D eigenvalue weighted by molar-refractivity contribution is 0.0742. The maximum atomic E-state index is 12.6. The average Bonchev–Trinajstić information content (AvgIpc) is 2.93. The van der Waals surface area contributed by atoms with Crippen LogP contribution in [0.1, 0.15) is 42.1 Å². The highest BCUT2D eigenvalue weighted by molar-refractivity contribution is 5.94. The number of carbonyl (C=O) groups is 1. The Morgan fingerprint density at radius 2 is 2.30 bits per heavy atom. The number of aryl methyl sites for hydroxylation is 1. The van der Waals surface area contributed by atoms with E-state index in [9.17, 15) is 9.90 Å². The van der Waals surface area contributed by atoms with Gasteiger partial charge in [-0.15, -0.1) is 0 Å².